The van der Waals surface area contributed by atoms with E-state index in [4.69, 9.17) is 33.0 Å². The predicted octanol–water partition coefficient (Wildman–Crippen LogP) is 5.23. The second kappa shape index (κ2) is 12.6. The SMILES string of the molecule is CC1(C)CN(CCCOc2ccc(Cl)cc2C(=O)N2CCCC2)CCC1(O)c1ccc(Cl)cc1.CO. The number of nitrogens with zero attached hydrogens (tertiary/aromatic N) is 2. The van der Waals surface area contributed by atoms with Crippen molar-refractivity contribution in [3.05, 3.63) is 63.6 Å². The fraction of sp³-hybridized carbons (Fsp3) is 0.536. The third-order valence-corrected chi connectivity index (χ3v) is 7.78. The van der Waals surface area contributed by atoms with Crippen LogP contribution >= 0.6 is 23.2 Å². The van der Waals surface area contributed by atoms with Crippen LogP contribution in [0.3, 0.4) is 0 Å². The van der Waals surface area contributed by atoms with E-state index in [-0.39, 0.29) is 11.3 Å². The zero-order valence-electron chi connectivity index (χ0n) is 21.5. The highest BCUT2D eigenvalue weighted by Gasteiger charge is 2.48. The van der Waals surface area contributed by atoms with Gasteiger partial charge in [-0.05, 0) is 61.6 Å². The molecule has 1 amide bonds. The lowest BCUT2D eigenvalue weighted by atomic mass is 9.66. The molecule has 0 bridgehead atoms. The summed E-state index contributed by atoms with van der Waals surface area (Å²) in [4.78, 5) is 17.2. The fourth-order valence-electron chi connectivity index (χ4n) is 5.23. The number of carbonyl (C=O) groups is 1. The molecule has 4 rings (SSSR count). The topological polar surface area (TPSA) is 73.2 Å². The number of ether oxygens (including phenoxy) is 1. The number of aliphatic hydroxyl groups excluding tert-OH is 1. The van der Waals surface area contributed by atoms with Gasteiger partial charge in [-0.2, -0.15) is 0 Å². The van der Waals surface area contributed by atoms with Gasteiger partial charge in [0.2, 0.25) is 0 Å². The minimum atomic E-state index is -0.890. The Bertz CT molecular complexity index is 1010. The molecule has 1 unspecified atom stereocenters. The number of likely N-dealkylation sites (tertiary alicyclic amines) is 2. The second-order valence-corrected chi connectivity index (χ2v) is 11.0. The van der Waals surface area contributed by atoms with Crippen molar-refractivity contribution in [1.82, 2.24) is 9.80 Å². The summed E-state index contributed by atoms with van der Waals surface area (Å²) >= 11 is 12.2. The van der Waals surface area contributed by atoms with E-state index in [1.165, 1.54) is 0 Å². The quantitative estimate of drug-likeness (QED) is 0.474. The summed E-state index contributed by atoms with van der Waals surface area (Å²) in [6.45, 7) is 8.79. The molecule has 0 aromatic heterocycles. The van der Waals surface area contributed by atoms with Crippen LogP contribution in [0.1, 0.15) is 55.5 Å². The minimum absolute atomic E-state index is 0.00531. The Kier molecular flexibility index (Phi) is 10.1. The van der Waals surface area contributed by atoms with Crippen LogP contribution in [0.2, 0.25) is 10.0 Å². The predicted molar refractivity (Wildman–Crippen MR) is 145 cm³/mol. The average Bonchev–Trinajstić information content (AvgIpc) is 3.41. The van der Waals surface area contributed by atoms with E-state index >= 15 is 0 Å². The molecule has 2 fully saturated rings. The molecule has 2 aromatic carbocycles. The highest BCUT2D eigenvalue weighted by atomic mass is 35.5. The Morgan fingerprint density at radius 3 is 2.28 bits per heavy atom. The summed E-state index contributed by atoms with van der Waals surface area (Å²) in [5, 5.41) is 19.8. The van der Waals surface area contributed by atoms with E-state index in [2.05, 4.69) is 18.7 Å². The van der Waals surface area contributed by atoms with Crippen molar-refractivity contribution in [1.29, 1.82) is 0 Å². The molecule has 0 radical (unpaired) electrons. The van der Waals surface area contributed by atoms with Gasteiger partial charge in [0.25, 0.3) is 5.91 Å². The molecule has 2 heterocycles. The van der Waals surface area contributed by atoms with Crippen LogP contribution in [0.5, 0.6) is 5.75 Å². The largest absolute Gasteiger partial charge is 0.493 e. The Labute approximate surface area is 224 Å². The Balaban J connectivity index is 0.00000176. The number of halogens is 2. The third kappa shape index (κ3) is 6.53. The summed E-state index contributed by atoms with van der Waals surface area (Å²) < 4.78 is 6.04. The van der Waals surface area contributed by atoms with Crippen LogP contribution in [-0.2, 0) is 5.60 Å². The van der Waals surface area contributed by atoms with Gasteiger partial charge in [0.05, 0.1) is 17.8 Å². The zero-order chi connectivity index (χ0) is 26.3. The van der Waals surface area contributed by atoms with Crippen molar-refractivity contribution in [2.45, 2.75) is 45.1 Å². The van der Waals surface area contributed by atoms with Crippen LogP contribution in [0.25, 0.3) is 0 Å². The van der Waals surface area contributed by atoms with E-state index in [1.807, 2.05) is 29.2 Å². The van der Waals surface area contributed by atoms with Gasteiger partial charge < -0.3 is 24.7 Å². The summed E-state index contributed by atoms with van der Waals surface area (Å²) in [7, 11) is 1.00. The molecule has 0 aliphatic carbocycles. The standard InChI is InChI=1S/C27H34Cl2N2O3.CH4O/c1-26(2)19-30(16-12-27(26,33)20-6-8-21(28)9-7-20)13-5-17-34-24-11-10-22(29)18-23(24)25(32)31-14-3-4-15-31;1-2/h6-11,18,33H,3-5,12-17,19H2,1-2H3;2H,1H3. The monoisotopic (exact) mass is 536 g/mol. The first kappa shape index (κ1) is 28.7. The van der Waals surface area contributed by atoms with Crippen molar-refractivity contribution in [3.63, 3.8) is 0 Å². The number of hydrogen-bond donors (Lipinski definition) is 2. The summed E-state index contributed by atoms with van der Waals surface area (Å²) in [5.74, 6) is 0.589. The fourth-order valence-corrected chi connectivity index (χ4v) is 5.53. The molecule has 198 valence electrons. The van der Waals surface area contributed by atoms with Gasteiger partial charge in [0.1, 0.15) is 5.75 Å². The molecule has 2 aliphatic rings. The van der Waals surface area contributed by atoms with Crippen LogP contribution in [-0.4, -0.2) is 72.4 Å². The van der Waals surface area contributed by atoms with Crippen LogP contribution in [0, 0.1) is 5.41 Å². The first-order chi connectivity index (χ1) is 17.2. The van der Waals surface area contributed by atoms with Gasteiger partial charge in [-0.15, -0.1) is 0 Å². The van der Waals surface area contributed by atoms with Gasteiger partial charge >= 0.3 is 0 Å². The van der Waals surface area contributed by atoms with Crippen LogP contribution < -0.4 is 4.74 Å². The van der Waals surface area contributed by atoms with Crippen LogP contribution in [0.15, 0.2) is 42.5 Å². The number of carbonyl (C=O) groups excluding carboxylic acids is 1. The summed E-state index contributed by atoms with van der Waals surface area (Å²) in [5.41, 5.74) is 0.258. The van der Waals surface area contributed by atoms with Crippen molar-refractivity contribution >= 4 is 29.1 Å². The maximum Gasteiger partial charge on any atom is 0.257 e. The summed E-state index contributed by atoms with van der Waals surface area (Å²) in [6.07, 6.45) is 3.58. The maximum absolute atomic E-state index is 12.9. The van der Waals surface area contributed by atoms with Gasteiger partial charge in [-0.3, -0.25) is 4.79 Å². The lowest BCUT2D eigenvalue weighted by Gasteiger charge is -2.50. The van der Waals surface area contributed by atoms with Crippen molar-refractivity contribution in [2.75, 3.05) is 46.4 Å². The highest BCUT2D eigenvalue weighted by molar-refractivity contribution is 6.31. The molecule has 6 nitrogen and oxygen atoms in total. The molecular formula is C28H38Cl2N2O4. The number of piperidine rings is 1. The number of benzene rings is 2. The average molecular weight is 538 g/mol. The minimum Gasteiger partial charge on any atom is -0.493 e. The van der Waals surface area contributed by atoms with E-state index < -0.39 is 5.60 Å². The number of hydrogen-bond acceptors (Lipinski definition) is 5. The number of rotatable bonds is 7. The lowest BCUT2D eigenvalue weighted by Crippen LogP contribution is -2.55. The molecule has 8 heteroatoms. The smallest absolute Gasteiger partial charge is 0.257 e. The van der Waals surface area contributed by atoms with E-state index in [0.29, 0.717) is 34.4 Å². The van der Waals surface area contributed by atoms with Gasteiger partial charge in [0, 0.05) is 55.3 Å². The molecule has 2 N–H and O–H groups in total. The molecule has 2 aliphatic heterocycles. The molecule has 2 aromatic rings. The molecular weight excluding hydrogens is 499 g/mol. The Morgan fingerprint density at radius 2 is 1.64 bits per heavy atom. The van der Waals surface area contributed by atoms with E-state index in [1.54, 1.807) is 18.2 Å². The van der Waals surface area contributed by atoms with Gasteiger partial charge in [-0.25, -0.2) is 0 Å². The normalized spacial score (nSPS) is 21.6. The second-order valence-electron chi connectivity index (χ2n) is 10.1. The third-order valence-electron chi connectivity index (χ3n) is 7.29. The molecule has 0 saturated carbocycles. The molecule has 2 saturated heterocycles. The molecule has 36 heavy (non-hydrogen) atoms. The first-order valence-electron chi connectivity index (χ1n) is 12.6. The van der Waals surface area contributed by atoms with Crippen molar-refractivity contribution < 1.29 is 19.7 Å². The first-order valence-corrected chi connectivity index (χ1v) is 13.3. The lowest BCUT2D eigenvalue weighted by molar-refractivity contribution is -0.125. The van der Waals surface area contributed by atoms with E-state index in [9.17, 15) is 9.90 Å². The Morgan fingerprint density at radius 1 is 1.00 bits per heavy atom. The van der Waals surface area contributed by atoms with Crippen LogP contribution in [0.4, 0.5) is 0 Å². The molecule has 0 spiro atoms. The zero-order valence-corrected chi connectivity index (χ0v) is 23.0. The molecule has 1 atom stereocenters. The van der Waals surface area contributed by atoms with Crippen molar-refractivity contribution in [2.24, 2.45) is 5.41 Å². The summed E-state index contributed by atoms with van der Waals surface area (Å²) in [6, 6.07) is 12.8. The van der Waals surface area contributed by atoms with Gasteiger partial charge in [-0.1, -0.05) is 49.2 Å². The van der Waals surface area contributed by atoms with Crippen molar-refractivity contribution in [3.8, 4) is 5.75 Å². The van der Waals surface area contributed by atoms with E-state index in [0.717, 1.165) is 64.7 Å². The van der Waals surface area contributed by atoms with Gasteiger partial charge in [0.15, 0.2) is 0 Å². The number of amides is 1. The highest BCUT2D eigenvalue weighted by Crippen LogP contribution is 2.46. The number of aliphatic hydroxyl groups is 2. The Hall–Kier alpha value is -1.83. The maximum atomic E-state index is 12.9.